The number of nitrogens with zero attached hydrogens (tertiary/aromatic N) is 1. The van der Waals surface area contributed by atoms with Crippen molar-refractivity contribution in [2.45, 2.75) is 6.92 Å². The summed E-state index contributed by atoms with van der Waals surface area (Å²) in [5.41, 5.74) is 7.59. The standard InChI is InChI=1S/C13H10BrCl2N3O/c1-6-10(2-3-11(14)18-6)19-13(20)7-4-8(15)12(16)9(17)5-7/h2-5H,17H2,1H3,(H,19,20). The molecule has 20 heavy (non-hydrogen) atoms. The summed E-state index contributed by atoms with van der Waals surface area (Å²) in [6.07, 6.45) is 0. The Morgan fingerprint density at radius 3 is 2.65 bits per heavy atom. The third-order valence-electron chi connectivity index (χ3n) is 2.62. The van der Waals surface area contributed by atoms with Crippen LogP contribution in [0.15, 0.2) is 28.9 Å². The largest absolute Gasteiger partial charge is 0.397 e. The van der Waals surface area contributed by atoms with E-state index in [-0.39, 0.29) is 21.6 Å². The summed E-state index contributed by atoms with van der Waals surface area (Å²) in [6, 6.07) is 6.44. The molecule has 0 fully saturated rings. The molecule has 3 N–H and O–H groups in total. The van der Waals surface area contributed by atoms with Crippen LogP contribution in [0, 0.1) is 6.92 Å². The monoisotopic (exact) mass is 373 g/mol. The van der Waals surface area contributed by atoms with E-state index < -0.39 is 0 Å². The van der Waals surface area contributed by atoms with E-state index in [0.717, 1.165) is 0 Å². The molecule has 2 rings (SSSR count). The molecular formula is C13H10BrCl2N3O. The van der Waals surface area contributed by atoms with Crippen molar-refractivity contribution in [1.29, 1.82) is 0 Å². The average Bonchev–Trinajstić information content (AvgIpc) is 2.38. The van der Waals surface area contributed by atoms with Crippen LogP contribution in [0.4, 0.5) is 11.4 Å². The molecule has 104 valence electrons. The Balaban J connectivity index is 2.28. The maximum Gasteiger partial charge on any atom is 0.255 e. The summed E-state index contributed by atoms with van der Waals surface area (Å²) < 4.78 is 0.701. The van der Waals surface area contributed by atoms with Crippen molar-refractivity contribution in [3.05, 3.63) is 50.2 Å². The molecule has 0 atom stereocenters. The summed E-state index contributed by atoms with van der Waals surface area (Å²) in [5, 5.41) is 3.23. The second-order valence-corrected chi connectivity index (χ2v) is 5.68. The number of aryl methyl sites for hydroxylation is 1. The predicted molar refractivity (Wildman–Crippen MR) is 85.5 cm³/mol. The molecule has 0 saturated carbocycles. The highest BCUT2D eigenvalue weighted by Gasteiger charge is 2.12. The predicted octanol–water partition coefficient (Wildman–Crippen LogP) is 4.29. The van der Waals surface area contributed by atoms with Gasteiger partial charge >= 0.3 is 0 Å². The summed E-state index contributed by atoms with van der Waals surface area (Å²) in [7, 11) is 0. The number of amides is 1. The number of benzene rings is 1. The zero-order valence-electron chi connectivity index (χ0n) is 10.4. The molecular weight excluding hydrogens is 365 g/mol. The van der Waals surface area contributed by atoms with Gasteiger partial charge in [0.15, 0.2) is 0 Å². The maximum absolute atomic E-state index is 12.2. The molecule has 0 aliphatic heterocycles. The van der Waals surface area contributed by atoms with Gasteiger partial charge in [-0.1, -0.05) is 23.2 Å². The summed E-state index contributed by atoms with van der Waals surface area (Å²) >= 11 is 15.0. The van der Waals surface area contributed by atoms with Gasteiger partial charge in [-0.25, -0.2) is 4.98 Å². The normalized spacial score (nSPS) is 10.4. The van der Waals surface area contributed by atoms with Gasteiger partial charge in [-0.3, -0.25) is 4.79 Å². The van der Waals surface area contributed by atoms with Crippen molar-refractivity contribution < 1.29 is 4.79 Å². The molecule has 1 amide bonds. The van der Waals surface area contributed by atoms with Crippen LogP contribution >= 0.6 is 39.1 Å². The van der Waals surface area contributed by atoms with E-state index >= 15 is 0 Å². The van der Waals surface area contributed by atoms with Crippen LogP contribution < -0.4 is 11.1 Å². The zero-order valence-corrected chi connectivity index (χ0v) is 13.5. The Labute approximate surface area is 134 Å². The number of carbonyl (C=O) groups is 1. The minimum atomic E-state index is -0.331. The molecule has 0 unspecified atom stereocenters. The van der Waals surface area contributed by atoms with E-state index in [2.05, 4.69) is 26.2 Å². The molecule has 1 aromatic carbocycles. The van der Waals surface area contributed by atoms with Gasteiger partial charge in [0.1, 0.15) is 4.60 Å². The SMILES string of the molecule is Cc1nc(Br)ccc1NC(=O)c1cc(N)c(Cl)c(Cl)c1. The van der Waals surface area contributed by atoms with E-state index in [1.54, 1.807) is 19.1 Å². The fourth-order valence-electron chi connectivity index (χ4n) is 1.60. The fraction of sp³-hybridized carbons (Fsp3) is 0.0769. The first-order chi connectivity index (χ1) is 9.38. The smallest absolute Gasteiger partial charge is 0.255 e. The number of nitrogens with one attached hydrogen (secondary N) is 1. The maximum atomic E-state index is 12.2. The molecule has 4 nitrogen and oxygen atoms in total. The van der Waals surface area contributed by atoms with E-state index in [1.807, 2.05) is 0 Å². The Morgan fingerprint density at radius 2 is 2.05 bits per heavy atom. The van der Waals surface area contributed by atoms with Crippen LogP contribution in [0.1, 0.15) is 16.1 Å². The van der Waals surface area contributed by atoms with Crippen molar-refractivity contribution in [1.82, 2.24) is 4.98 Å². The molecule has 0 saturated heterocycles. The van der Waals surface area contributed by atoms with Gasteiger partial charge in [-0.2, -0.15) is 0 Å². The van der Waals surface area contributed by atoms with Crippen LogP contribution in [-0.2, 0) is 0 Å². The third kappa shape index (κ3) is 3.23. The number of aromatic nitrogens is 1. The van der Waals surface area contributed by atoms with Crippen LogP contribution in [0.3, 0.4) is 0 Å². The Hall–Kier alpha value is -1.30. The van der Waals surface area contributed by atoms with Crippen molar-refractivity contribution >= 4 is 56.4 Å². The van der Waals surface area contributed by atoms with Gasteiger partial charge in [0.25, 0.3) is 5.91 Å². The van der Waals surface area contributed by atoms with Gasteiger partial charge in [-0.05, 0) is 47.1 Å². The summed E-state index contributed by atoms with van der Waals surface area (Å²) in [6.45, 7) is 1.80. The molecule has 2 aromatic rings. The molecule has 0 radical (unpaired) electrons. The van der Waals surface area contributed by atoms with E-state index in [9.17, 15) is 4.79 Å². The molecule has 0 aliphatic rings. The number of halogens is 3. The van der Waals surface area contributed by atoms with Gasteiger partial charge in [0, 0.05) is 5.56 Å². The summed E-state index contributed by atoms with van der Waals surface area (Å²) in [5.74, 6) is -0.331. The Kier molecular flexibility index (Phi) is 4.52. The fourth-order valence-corrected chi connectivity index (χ4v) is 2.33. The lowest BCUT2D eigenvalue weighted by molar-refractivity contribution is 0.102. The highest BCUT2D eigenvalue weighted by molar-refractivity contribution is 9.10. The van der Waals surface area contributed by atoms with Crippen LogP contribution in [0.2, 0.25) is 10.0 Å². The van der Waals surface area contributed by atoms with Crippen molar-refractivity contribution in [3.8, 4) is 0 Å². The third-order valence-corrected chi connectivity index (χ3v) is 3.88. The lowest BCUT2D eigenvalue weighted by Gasteiger charge is -2.09. The minimum absolute atomic E-state index is 0.238. The molecule has 0 spiro atoms. The zero-order chi connectivity index (χ0) is 14.9. The van der Waals surface area contributed by atoms with E-state index in [0.29, 0.717) is 21.5 Å². The van der Waals surface area contributed by atoms with Crippen LogP contribution in [0.5, 0.6) is 0 Å². The number of nitrogen functional groups attached to an aromatic ring is 1. The second kappa shape index (κ2) is 5.99. The quantitative estimate of drug-likeness (QED) is 0.608. The number of carbonyl (C=O) groups excluding carboxylic acids is 1. The molecule has 0 aliphatic carbocycles. The van der Waals surface area contributed by atoms with Gasteiger partial charge in [0.2, 0.25) is 0 Å². The Morgan fingerprint density at radius 1 is 1.35 bits per heavy atom. The number of hydrogen-bond donors (Lipinski definition) is 2. The van der Waals surface area contributed by atoms with Gasteiger partial charge in [-0.15, -0.1) is 0 Å². The first kappa shape index (κ1) is 15.1. The number of anilines is 2. The van der Waals surface area contributed by atoms with Gasteiger partial charge in [0.05, 0.1) is 27.1 Å². The molecule has 0 bridgehead atoms. The molecule has 7 heteroatoms. The highest BCUT2D eigenvalue weighted by Crippen LogP contribution is 2.29. The molecule has 1 heterocycles. The second-order valence-electron chi connectivity index (χ2n) is 4.08. The lowest BCUT2D eigenvalue weighted by atomic mass is 10.2. The average molecular weight is 375 g/mol. The van der Waals surface area contributed by atoms with Gasteiger partial charge < -0.3 is 11.1 Å². The summed E-state index contributed by atoms with van der Waals surface area (Å²) in [4.78, 5) is 16.4. The van der Waals surface area contributed by atoms with Crippen molar-refractivity contribution in [2.24, 2.45) is 0 Å². The first-order valence-corrected chi connectivity index (χ1v) is 7.12. The van der Waals surface area contributed by atoms with E-state index in [1.165, 1.54) is 12.1 Å². The Bertz CT molecular complexity index is 668. The highest BCUT2D eigenvalue weighted by atomic mass is 79.9. The van der Waals surface area contributed by atoms with Crippen molar-refractivity contribution in [2.75, 3.05) is 11.1 Å². The van der Waals surface area contributed by atoms with Crippen LogP contribution in [0.25, 0.3) is 0 Å². The molecule has 1 aromatic heterocycles. The number of rotatable bonds is 2. The van der Waals surface area contributed by atoms with Crippen LogP contribution in [-0.4, -0.2) is 10.9 Å². The minimum Gasteiger partial charge on any atom is -0.397 e. The van der Waals surface area contributed by atoms with Crippen molar-refractivity contribution in [3.63, 3.8) is 0 Å². The number of nitrogens with two attached hydrogens (primary N) is 1. The number of hydrogen-bond acceptors (Lipinski definition) is 3. The number of pyridine rings is 1. The first-order valence-electron chi connectivity index (χ1n) is 5.57. The lowest BCUT2D eigenvalue weighted by Crippen LogP contribution is -2.13. The topological polar surface area (TPSA) is 68.0 Å². The van der Waals surface area contributed by atoms with E-state index in [4.69, 9.17) is 28.9 Å².